The van der Waals surface area contributed by atoms with Gasteiger partial charge in [0.25, 0.3) is 0 Å². The Labute approximate surface area is 369 Å². The molecule has 3 aromatic carbocycles. The van der Waals surface area contributed by atoms with Crippen molar-refractivity contribution in [3.63, 3.8) is 0 Å². The first-order chi connectivity index (χ1) is 25.8. The standard InChI is InChI=1S/C36H34F3N4O9PS.2Na/c1-23(54-27-17-49-34(50-18-27)9-4-3-6-25-11-10-24(16-40)14-31(25)38)36(20-43-22-41-21-42-43,30-13-12-26(37)15-32(30)39)52-35(44)28-7-5-8-33(48-2)29(28)19-51-53(45,46)47;;/h3-15,21-23,27,34H,17-20H2,1-2H3,(H2,45,46,47);;/q;2*+1/p-2/b6-3+,9-4+;;/t23-,27-,34-,36-;;/m1../s1. The van der Waals surface area contributed by atoms with Gasteiger partial charge in [-0.3, -0.25) is 0 Å². The minimum Gasteiger partial charge on any atom is -0.790 e. The van der Waals surface area contributed by atoms with Crippen molar-refractivity contribution in [3.8, 4) is 11.8 Å². The number of aromatic nitrogens is 3. The van der Waals surface area contributed by atoms with Gasteiger partial charge in [0.2, 0.25) is 0 Å². The molecular formula is C36H32F3N4Na2O9PS. The summed E-state index contributed by atoms with van der Waals surface area (Å²) in [4.78, 5) is 40.8. The molecular weight excluding hydrogens is 798 g/mol. The first kappa shape index (κ1) is 47.6. The minimum absolute atomic E-state index is 0. The molecule has 1 aliphatic rings. The van der Waals surface area contributed by atoms with E-state index in [1.807, 2.05) is 6.07 Å². The number of hydrogen-bond acceptors (Lipinski definition) is 13. The summed E-state index contributed by atoms with van der Waals surface area (Å²) < 4.78 is 84.7. The van der Waals surface area contributed by atoms with Crippen LogP contribution in [0.3, 0.4) is 0 Å². The molecule has 4 aromatic rings. The van der Waals surface area contributed by atoms with Crippen LogP contribution in [0.1, 0.15) is 39.5 Å². The van der Waals surface area contributed by atoms with Crippen LogP contribution < -0.4 is 73.6 Å². The number of halogens is 3. The summed E-state index contributed by atoms with van der Waals surface area (Å²) in [5.74, 6) is -3.53. The fourth-order valence-electron chi connectivity index (χ4n) is 5.59. The first-order valence-electron chi connectivity index (χ1n) is 16.1. The fraction of sp³-hybridized carbons (Fsp3) is 0.278. The maximum atomic E-state index is 15.9. The van der Waals surface area contributed by atoms with Crippen molar-refractivity contribution in [1.29, 1.82) is 5.26 Å². The van der Waals surface area contributed by atoms with E-state index in [9.17, 15) is 27.9 Å². The van der Waals surface area contributed by atoms with Gasteiger partial charge in [-0.1, -0.05) is 30.4 Å². The number of carbonyl (C=O) groups excluding carboxylic acids is 1. The third-order valence-electron chi connectivity index (χ3n) is 8.20. The van der Waals surface area contributed by atoms with Crippen molar-refractivity contribution in [2.45, 2.75) is 42.5 Å². The Bertz CT molecular complexity index is 2100. The largest absolute Gasteiger partial charge is 1.00 e. The zero-order valence-corrected chi connectivity index (χ0v) is 36.4. The number of phosphoric ester groups is 1. The molecule has 0 unspecified atom stereocenters. The van der Waals surface area contributed by atoms with E-state index in [-0.39, 0.29) is 112 Å². The quantitative estimate of drug-likeness (QED) is 0.0605. The summed E-state index contributed by atoms with van der Waals surface area (Å²) >= 11 is 1.23. The maximum Gasteiger partial charge on any atom is 1.00 e. The third kappa shape index (κ3) is 12.6. The molecule has 0 radical (unpaired) electrons. The molecule has 0 spiro atoms. The molecule has 5 rings (SSSR count). The predicted molar refractivity (Wildman–Crippen MR) is 185 cm³/mol. The van der Waals surface area contributed by atoms with Gasteiger partial charge in [-0.15, -0.1) is 11.8 Å². The average Bonchev–Trinajstić information content (AvgIpc) is 3.65. The normalized spacial score (nSPS) is 17.3. The molecule has 0 amide bonds. The van der Waals surface area contributed by atoms with E-state index in [2.05, 4.69) is 14.6 Å². The van der Waals surface area contributed by atoms with Crippen molar-refractivity contribution in [2.75, 3.05) is 20.3 Å². The Hall–Kier alpha value is -2.79. The number of nitriles is 1. The molecule has 0 saturated carbocycles. The molecule has 0 N–H and O–H groups in total. The van der Waals surface area contributed by atoms with Gasteiger partial charge in [-0.2, -0.15) is 10.4 Å². The molecule has 1 aromatic heterocycles. The monoisotopic (exact) mass is 830 g/mol. The second-order valence-electron chi connectivity index (χ2n) is 11.7. The topological polar surface area (TPSA) is 181 Å². The molecule has 0 bridgehead atoms. The van der Waals surface area contributed by atoms with Gasteiger partial charge >= 0.3 is 65.1 Å². The Balaban J connectivity index is 0.00000420. The van der Waals surface area contributed by atoms with Crippen LogP contribution in [0.15, 0.2) is 85.5 Å². The zero-order chi connectivity index (χ0) is 38.9. The van der Waals surface area contributed by atoms with E-state index < -0.39 is 60.2 Å². The summed E-state index contributed by atoms with van der Waals surface area (Å²) in [6.45, 7) is 0.765. The van der Waals surface area contributed by atoms with E-state index in [0.717, 1.165) is 18.2 Å². The van der Waals surface area contributed by atoms with E-state index in [0.29, 0.717) is 6.07 Å². The van der Waals surface area contributed by atoms with Crippen molar-refractivity contribution < 1.29 is 115 Å². The number of carbonyl (C=O) groups is 1. The Kier molecular flexibility index (Phi) is 18.5. The van der Waals surface area contributed by atoms with E-state index in [1.54, 1.807) is 25.2 Å². The molecule has 2 atom stereocenters. The number of rotatable bonds is 15. The van der Waals surface area contributed by atoms with Crippen molar-refractivity contribution in [1.82, 2.24) is 14.8 Å². The third-order valence-corrected chi connectivity index (χ3v) is 10.1. The van der Waals surface area contributed by atoms with Crippen LogP contribution in [0, 0.1) is 28.8 Å². The van der Waals surface area contributed by atoms with Gasteiger partial charge < -0.3 is 37.8 Å². The van der Waals surface area contributed by atoms with Crippen molar-refractivity contribution >= 4 is 31.6 Å². The number of ether oxygens (including phenoxy) is 4. The minimum atomic E-state index is -5.49. The second-order valence-corrected chi connectivity index (χ2v) is 14.5. The summed E-state index contributed by atoms with van der Waals surface area (Å²) in [6, 6.07) is 12.9. The first-order valence-corrected chi connectivity index (χ1v) is 18.5. The number of methoxy groups -OCH3 is 1. The number of allylic oxidation sites excluding steroid dienone is 2. The van der Waals surface area contributed by atoms with Gasteiger partial charge in [0.1, 0.15) is 35.9 Å². The summed E-state index contributed by atoms with van der Waals surface area (Å²) in [7, 11) is -4.23. The molecule has 56 heavy (non-hydrogen) atoms. The smallest absolute Gasteiger partial charge is 0.790 e. The van der Waals surface area contributed by atoms with Gasteiger partial charge in [-0.25, -0.2) is 27.6 Å². The number of phosphoric acid groups is 1. The van der Waals surface area contributed by atoms with Gasteiger partial charge in [0, 0.05) is 28.0 Å². The van der Waals surface area contributed by atoms with Crippen LogP contribution in [0.4, 0.5) is 13.2 Å². The van der Waals surface area contributed by atoms with Crippen LogP contribution in [-0.2, 0) is 42.1 Å². The van der Waals surface area contributed by atoms with Crippen LogP contribution in [-0.4, -0.2) is 57.8 Å². The number of nitrogens with zero attached hydrogens (tertiary/aromatic N) is 4. The maximum absolute atomic E-state index is 15.9. The summed E-state index contributed by atoms with van der Waals surface area (Å²) in [6.07, 6.45) is 8.12. The number of benzene rings is 3. The molecule has 1 aliphatic heterocycles. The Morgan fingerprint density at radius 1 is 1.12 bits per heavy atom. The molecule has 284 valence electrons. The van der Waals surface area contributed by atoms with E-state index in [4.69, 9.17) is 24.2 Å². The fourth-order valence-corrected chi connectivity index (χ4v) is 7.23. The van der Waals surface area contributed by atoms with Gasteiger partial charge in [-0.05, 0) is 49.4 Å². The molecule has 20 heteroatoms. The van der Waals surface area contributed by atoms with Crippen LogP contribution >= 0.6 is 19.6 Å². The second kappa shape index (κ2) is 21.8. The van der Waals surface area contributed by atoms with Gasteiger partial charge in [0.05, 0.1) is 63.7 Å². The molecule has 1 saturated heterocycles. The Morgan fingerprint density at radius 3 is 2.50 bits per heavy atom. The zero-order valence-electron chi connectivity index (χ0n) is 30.7. The number of thioether (sulfide) groups is 1. The van der Waals surface area contributed by atoms with Crippen LogP contribution in [0.25, 0.3) is 6.08 Å². The molecule has 0 aliphatic carbocycles. The summed E-state index contributed by atoms with van der Waals surface area (Å²) in [5, 5.41) is 11.8. The van der Waals surface area contributed by atoms with Gasteiger partial charge in [0.15, 0.2) is 11.9 Å². The molecule has 13 nitrogen and oxygen atoms in total. The Morgan fingerprint density at radius 2 is 1.88 bits per heavy atom. The molecule has 2 heterocycles. The van der Waals surface area contributed by atoms with E-state index >= 15 is 4.39 Å². The average molecular weight is 831 g/mol. The van der Waals surface area contributed by atoms with E-state index in [1.165, 1.54) is 72.6 Å². The van der Waals surface area contributed by atoms with Crippen LogP contribution in [0.2, 0.25) is 0 Å². The summed E-state index contributed by atoms with van der Waals surface area (Å²) in [5.41, 5.74) is -2.04. The number of hydrogen-bond donors (Lipinski definition) is 0. The predicted octanol–water partition coefficient (Wildman–Crippen LogP) is -1.19. The van der Waals surface area contributed by atoms with Crippen molar-refractivity contribution in [3.05, 3.63) is 131 Å². The van der Waals surface area contributed by atoms with Crippen molar-refractivity contribution in [2.24, 2.45) is 0 Å². The number of esters is 1. The SMILES string of the molecule is COc1cccc(C(=O)O[C@@](Cn2cncn2)(c2ccc(F)cc2F)[C@@H](C)S[C@H]2CO[C@H](/C=C/C=C/c3ccc(C#N)cc3F)OC2)c1COP(=O)([O-])[O-].[Na+].[Na+]. The van der Waals surface area contributed by atoms with Crippen LogP contribution in [0.5, 0.6) is 5.75 Å². The molecule has 1 fully saturated rings.